The Morgan fingerprint density at radius 1 is 0.707 bits per heavy atom. The molecule has 0 aromatic heterocycles. The van der Waals surface area contributed by atoms with Crippen LogP contribution in [0.4, 0.5) is 11.4 Å². The van der Waals surface area contributed by atoms with E-state index >= 15 is 0 Å². The number of hydrogen-bond acceptors (Lipinski definition) is 6. The maximum Gasteiger partial charge on any atom is 0.185 e. The lowest BCUT2D eigenvalue weighted by molar-refractivity contribution is -0.113. The zero-order valence-corrected chi connectivity index (χ0v) is 37.4. The maximum atomic E-state index is 13.2. The van der Waals surface area contributed by atoms with Gasteiger partial charge < -0.3 is 15.2 Å². The number of carbonyl (C=O) groups excluding carboxylic acids is 1. The number of allylic oxidation sites excluding steroid dienone is 2. The third-order valence-electron chi connectivity index (χ3n) is 9.62. The van der Waals surface area contributed by atoms with Crippen LogP contribution in [0.2, 0.25) is 0 Å². The highest BCUT2D eigenvalue weighted by atomic mass is 32.2. The van der Waals surface area contributed by atoms with Crippen LogP contribution in [0.15, 0.2) is 101 Å². The number of anilines is 2. The fourth-order valence-corrected chi connectivity index (χ4v) is 7.87. The minimum atomic E-state index is -4.60. The van der Waals surface area contributed by atoms with Gasteiger partial charge in [0, 0.05) is 34.1 Å². The summed E-state index contributed by atoms with van der Waals surface area (Å²) in [5, 5.41) is 6.54. The lowest BCUT2D eigenvalue weighted by Crippen LogP contribution is -2.26. The van der Waals surface area contributed by atoms with Crippen molar-refractivity contribution in [3.63, 3.8) is 0 Å². The maximum absolute atomic E-state index is 13.2. The van der Waals surface area contributed by atoms with Crippen molar-refractivity contribution in [2.75, 3.05) is 10.6 Å². The lowest BCUT2D eigenvalue weighted by Gasteiger charge is -2.23. The number of carbonyl (C=O) groups is 1. The zero-order valence-electron chi connectivity index (χ0n) is 36.6. The SMILES string of the molecule is CC(C)Cc1ccc(/C=C2\CC(C)C/C(=C\c3ccc(CC(C)C)cc3)C2=O)cc1.Cc1cc(NC(C)C)ccc1/C=C/c1ccc(NC(C)(C)C)cc1S(=O)(=O)[O-]. The van der Waals surface area contributed by atoms with Crippen LogP contribution in [-0.4, -0.2) is 30.3 Å². The van der Waals surface area contributed by atoms with E-state index in [1.807, 2.05) is 52.0 Å². The summed E-state index contributed by atoms with van der Waals surface area (Å²) >= 11 is 0. The van der Waals surface area contributed by atoms with Crippen LogP contribution in [0.3, 0.4) is 0 Å². The fourth-order valence-electron chi connectivity index (χ4n) is 7.17. The van der Waals surface area contributed by atoms with Gasteiger partial charge in [0.05, 0.1) is 4.90 Å². The summed E-state index contributed by atoms with van der Waals surface area (Å²) in [5.74, 6) is 2.01. The Balaban J connectivity index is 0.000000257. The molecule has 7 heteroatoms. The van der Waals surface area contributed by atoms with E-state index in [0.29, 0.717) is 35.0 Å². The molecule has 58 heavy (non-hydrogen) atoms. The minimum Gasteiger partial charge on any atom is -0.744 e. The van der Waals surface area contributed by atoms with Crippen molar-refractivity contribution >= 4 is 51.6 Å². The van der Waals surface area contributed by atoms with Crippen molar-refractivity contribution in [1.29, 1.82) is 0 Å². The van der Waals surface area contributed by atoms with Gasteiger partial charge in [0.2, 0.25) is 0 Å². The van der Waals surface area contributed by atoms with E-state index in [1.54, 1.807) is 18.2 Å². The Kier molecular flexibility index (Phi) is 16.1. The van der Waals surface area contributed by atoms with Gasteiger partial charge in [0.25, 0.3) is 0 Å². The standard InChI is InChI=1S/C29H36O.C22H30N2O3S/c1-20(2)14-23-6-10-25(11-7-23)18-27-16-22(5)17-28(29(27)30)19-26-12-8-24(9-13-26)15-21(3)4;1-15(2)23-19-11-9-17(16(3)13-19)7-8-18-10-12-20(24-22(4,5)6)14-21(18)28(25,26)27/h6-13,18-22H,14-17H2,1-5H3;7-15,23-24H,1-6H3,(H,25,26,27)/p-1/b27-18+,28-19+;8-7+. The van der Waals surface area contributed by atoms with Gasteiger partial charge >= 0.3 is 0 Å². The molecule has 0 aliphatic heterocycles. The second-order valence-electron chi connectivity index (χ2n) is 18.1. The number of benzene rings is 4. The first-order valence-corrected chi connectivity index (χ1v) is 22.1. The van der Waals surface area contributed by atoms with E-state index in [0.717, 1.165) is 64.8 Å². The molecule has 0 unspecified atom stereocenters. The van der Waals surface area contributed by atoms with E-state index in [1.165, 1.54) is 17.2 Å². The predicted molar refractivity (Wildman–Crippen MR) is 246 cm³/mol. The van der Waals surface area contributed by atoms with Crippen LogP contribution in [0, 0.1) is 24.7 Å². The van der Waals surface area contributed by atoms with Gasteiger partial charge in [-0.15, -0.1) is 0 Å². The molecule has 0 atom stereocenters. The third kappa shape index (κ3) is 14.9. The van der Waals surface area contributed by atoms with Crippen LogP contribution in [-0.2, 0) is 27.8 Å². The van der Waals surface area contributed by atoms with Gasteiger partial charge in [0.1, 0.15) is 10.1 Å². The summed E-state index contributed by atoms with van der Waals surface area (Å²) in [7, 11) is -4.60. The number of Topliss-reactive ketones (excluding diaryl/α,β-unsaturated/α-hetero) is 1. The summed E-state index contributed by atoms with van der Waals surface area (Å²) in [5.41, 5.74) is 10.6. The normalized spacial score (nSPS) is 16.4. The molecule has 0 radical (unpaired) electrons. The molecule has 0 heterocycles. The van der Waals surface area contributed by atoms with E-state index in [9.17, 15) is 17.8 Å². The molecular formula is C51H65N2O4S-. The van der Waals surface area contributed by atoms with Gasteiger partial charge in [-0.05, 0) is 160 Å². The summed E-state index contributed by atoms with van der Waals surface area (Å²) < 4.78 is 35.3. The first kappa shape index (κ1) is 46.0. The lowest BCUT2D eigenvalue weighted by atomic mass is 9.80. The summed E-state index contributed by atoms with van der Waals surface area (Å²) in [4.78, 5) is 12.9. The monoisotopic (exact) mass is 801 g/mol. The fraction of sp³-hybridized carbons (Fsp3) is 0.392. The number of aryl methyl sites for hydroxylation is 1. The number of rotatable bonds is 12. The van der Waals surface area contributed by atoms with E-state index in [2.05, 4.69) is 120 Å². The molecule has 4 aromatic rings. The van der Waals surface area contributed by atoms with Gasteiger partial charge in [0.15, 0.2) is 5.78 Å². The van der Waals surface area contributed by atoms with Gasteiger partial charge in [-0.3, -0.25) is 4.79 Å². The molecule has 1 saturated carbocycles. The molecule has 0 spiro atoms. The average molecular weight is 802 g/mol. The van der Waals surface area contributed by atoms with Crippen LogP contribution in [0.5, 0.6) is 0 Å². The first-order chi connectivity index (χ1) is 27.1. The Morgan fingerprint density at radius 3 is 1.60 bits per heavy atom. The minimum absolute atomic E-state index is 0.214. The molecule has 0 saturated heterocycles. The Hall–Kier alpha value is -4.72. The molecular weight excluding hydrogens is 737 g/mol. The van der Waals surface area contributed by atoms with Crippen molar-refractivity contribution in [1.82, 2.24) is 0 Å². The Morgan fingerprint density at radius 2 is 1.17 bits per heavy atom. The topological polar surface area (TPSA) is 98.3 Å². The average Bonchev–Trinajstić information content (AvgIpc) is 3.10. The second-order valence-corrected chi connectivity index (χ2v) is 19.5. The highest BCUT2D eigenvalue weighted by Crippen LogP contribution is 2.32. The van der Waals surface area contributed by atoms with Crippen molar-refractivity contribution in [2.45, 2.75) is 118 Å². The number of ketones is 1. The smallest absolute Gasteiger partial charge is 0.185 e. The van der Waals surface area contributed by atoms with E-state index < -0.39 is 10.1 Å². The van der Waals surface area contributed by atoms with Crippen molar-refractivity contribution in [3.05, 3.63) is 135 Å². The highest BCUT2D eigenvalue weighted by Gasteiger charge is 2.25. The molecule has 1 aliphatic rings. The molecule has 4 aromatic carbocycles. The highest BCUT2D eigenvalue weighted by molar-refractivity contribution is 7.85. The van der Waals surface area contributed by atoms with Crippen LogP contribution in [0.25, 0.3) is 24.3 Å². The number of nitrogens with one attached hydrogen (secondary N) is 2. The largest absolute Gasteiger partial charge is 0.744 e. The quantitative estimate of drug-likeness (QED) is 0.0841. The molecule has 0 amide bonds. The van der Waals surface area contributed by atoms with Crippen molar-refractivity contribution in [2.24, 2.45) is 17.8 Å². The molecule has 310 valence electrons. The molecule has 5 rings (SSSR count). The molecule has 2 N–H and O–H groups in total. The van der Waals surface area contributed by atoms with Gasteiger partial charge in [-0.1, -0.05) is 107 Å². The molecule has 6 nitrogen and oxygen atoms in total. The summed E-state index contributed by atoms with van der Waals surface area (Å²) in [6, 6.07) is 28.5. The summed E-state index contributed by atoms with van der Waals surface area (Å²) in [6.45, 7) is 23.2. The summed E-state index contributed by atoms with van der Waals surface area (Å²) in [6.07, 6.45) is 11.6. The van der Waals surface area contributed by atoms with Crippen LogP contribution < -0.4 is 10.6 Å². The van der Waals surface area contributed by atoms with Gasteiger partial charge in [-0.2, -0.15) is 0 Å². The van der Waals surface area contributed by atoms with Crippen molar-refractivity contribution < 1.29 is 17.8 Å². The predicted octanol–water partition coefficient (Wildman–Crippen LogP) is 12.6. The van der Waals surface area contributed by atoms with Crippen molar-refractivity contribution in [3.8, 4) is 0 Å². The number of hydrogen-bond donors (Lipinski definition) is 2. The van der Waals surface area contributed by atoms with Crippen LogP contribution >= 0.6 is 0 Å². The Bertz CT molecular complexity index is 2130. The second kappa shape index (κ2) is 20.3. The molecule has 1 aliphatic carbocycles. The van der Waals surface area contributed by atoms with E-state index in [4.69, 9.17) is 0 Å². The van der Waals surface area contributed by atoms with Gasteiger partial charge in [-0.25, -0.2) is 8.42 Å². The van der Waals surface area contributed by atoms with Crippen LogP contribution in [0.1, 0.15) is 121 Å². The third-order valence-corrected chi connectivity index (χ3v) is 10.5. The zero-order chi connectivity index (χ0) is 42.8. The molecule has 1 fully saturated rings. The van der Waals surface area contributed by atoms with E-state index in [-0.39, 0.29) is 16.2 Å². The molecule has 0 bridgehead atoms. The Labute approximate surface area is 349 Å². The first-order valence-electron chi connectivity index (χ1n) is 20.7.